The third kappa shape index (κ3) is 4.55. The number of carboxylic acid groups (broad SMARTS) is 1. The second-order valence-electron chi connectivity index (χ2n) is 3.80. The van der Waals surface area contributed by atoms with Crippen LogP contribution in [-0.2, 0) is 4.74 Å². The molecular weight excluding hydrogens is 236 g/mol. The van der Waals surface area contributed by atoms with Gasteiger partial charge >= 0.3 is 11.9 Å². The SMILES string of the molecule is O=C(O)c1ccc(C(=O)OCCCCCO)cc1. The molecule has 0 bridgehead atoms. The number of esters is 1. The van der Waals surface area contributed by atoms with E-state index in [0.717, 1.165) is 6.42 Å². The van der Waals surface area contributed by atoms with Crippen molar-refractivity contribution in [2.45, 2.75) is 19.3 Å². The molecule has 2 N–H and O–H groups in total. The summed E-state index contributed by atoms with van der Waals surface area (Å²) in [5, 5.41) is 17.3. The van der Waals surface area contributed by atoms with Gasteiger partial charge in [-0.25, -0.2) is 9.59 Å². The lowest BCUT2D eigenvalue weighted by molar-refractivity contribution is 0.0495. The second kappa shape index (κ2) is 7.45. The van der Waals surface area contributed by atoms with Crippen LogP contribution >= 0.6 is 0 Å². The summed E-state index contributed by atoms with van der Waals surface area (Å²) < 4.78 is 5.01. The molecule has 98 valence electrons. The summed E-state index contributed by atoms with van der Waals surface area (Å²) in [6.45, 7) is 0.449. The minimum Gasteiger partial charge on any atom is -0.478 e. The van der Waals surface area contributed by atoms with Gasteiger partial charge in [-0.2, -0.15) is 0 Å². The molecule has 0 radical (unpaired) electrons. The van der Waals surface area contributed by atoms with Gasteiger partial charge in [0.25, 0.3) is 0 Å². The standard InChI is InChI=1S/C13H16O5/c14-8-2-1-3-9-18-13(17)11-6-4-10(5-7-11)12(15)16/h4-7,14H,1-3,8-9H2,(H,15,16). The molecule has 5 nitrogen and oxygen atoms in total. The monoisotopic (exact) mass is 252 g/mol. The molecule has 0 aliphatic carbocycles. The number of carbonyl (C=O) groups is 2. The Morgan fingerprint density at radius 1 is 1.00 bits per heavy atom. The molecule has 1 rings (SSSR count). The Bertz CT molecular complexity index is 396. The van der Waals surface area contributed by atoms with E-state index in [-0.39, 0.29) is 12.2 Å². The largest absolute Gasteiger partial charge is 0.478 e. The number of carboxylic acids is 1. The van der Waals surface area contributed by atoms with Crippen molar-refractivity contribution in [2.24, 2.45) is 0 Å². The fourth-order valence-electron chi connectivity index (χ4n) is 1.39. The van der Waals surface area contributed by atoms with Crippen molar-refractivity contribution in [1.82, 2.24) is 0 Å². The highest BCUT2D eigenvalue weighted by Crippen LogP contribution is 2.06. The molecule has 0 amide bonds. The Labute approximate surface area is 105 Å². The third-order valence-electron chi connectivity index (χ3n) is 2.40. The van der Waals surface area contributed by atoms with E-state index in [1.54, 1.807) is 0 Å². The zero-order chi connectivity index (χ0) is 13.4. The quantitative estimate of drug-likeness (QED) is 0.570. The molecule has 0 aliphatic heterocycles. The number of aliphatic hydroxyl groups is 1. The normalized spacial score (nSPS) is 10.1. The van der Waals surface area contributed by atoms with Crippen LogP contribution < -0.4 is 0 Å². The van der Waals surface area contributed by atoms with Crippen LogP contribution in [0.4, 0.5) is 0 Å². The first-order valence-corrected chi connectivity index (χ1v) is 5.76. The Morgan fingerprint density at radius 3 is 2.17 bits per heavy atom. The number of benzene rings is 1. The van der Waals surface area contributed by atoms with E-state index in [2.05, 4.69) is 0 Å². The summed E-state index contributed by atoms with van der Waals surface area (Å²) >= 11 is 0. The van der Waals surface area contributed by atoms with Crippen LogP contribution in [0.15, 0.2) is 24.3 Å². The zero-order valence-electron chi connectivity index (χ0n) is 9.96. The maximum absolute atomic E-state index is 11.5. The van der Waals surface area contributed by atoms with Crippen LogP contribution in [0.2, 0.25) is 0 Å². The molecule has 18 heavy (non-hydrogen) atoms. The molecule has 0 aliphatic rings. The Kier molecular flexibility index (Phi) is 5.87. The maximum Gasteiger partial charge on any atom is 0.338 e. The molecule has 0 aromatic heterocycles. The van der Waals surface area contributed by atoms with Gasteiger partial charge in [-0.3, -0.25) is 0 Å². The predicted molar refractivity (Wildman–Crippen MR) is 64.6 cm³/mol. The van der Waals surface area contributed by atoms with Crippen LogP contribution in [0.3, 0.4) is 0 Å². The summed E-state index contributed by atoms with van der Waals surface area (Å²) in [4.78, 5) is 22.2. The molecule has 0 spiro atoms. The highest BCUT2D eigenvalue weighted by molar-refractivity contribution is 5.92. The maximum atomic E-state index is 11.5. The van der Waals surface area contributed by atoms with E-state index in [1.807, 2.05) is 0 Å². The van der Waals surface area contributed by atoms with E-state index in [0.29, 0.717) is 25.0 Å². The van der Waals surface area contributed by atoms with E-state index in [4.69, 9.17) is 14.9 Å². The van der Waals surface area contributed by atoms with Gasteiger partial charge in [-0.1, -0.05) is 0 Å². The average molecular weight is 252 g/mol. The van der Waals surface area contributed by atoms with Crippen molar-refractivity contribution in [3.8, 4) is 0 Å². The zero-order valence-corrected chi connectivity index (χ0v) is 9.96. The summed E-state index contributed by atoms with van der Waals surface area (Å²) in [5.74, 6) is -1.49. The molecule has 0 saturated carbocycles. The first kappa shape index (κ1) is 14.2. The number of hydrogen-bond acceptors (Lipinski definition) is 4. The lowest BCUT2D eigenvalue weighted by atomic mass is 10.1. The number of carbonyl (C=O) groups excluding carboxylic acids is 1. The summed E-state index contributed by atoms with van der Waals surface area (Å²) in [5.41, 5.74) is 0.469. The molecule has 1 aromatic carbocycles. The highest BCUT2D eigenvalue weighted by Gasteiger charge is 2.08. The molecule has 0 atom stereocenters. The summed E-state index contributed by atoms with van der Waals surface area (Å²) in [6.07, 6.45) is 2.21. The van der Waals surface area contributed by atoms with Crippen LogP contribution in [0.25, 0.3) is 0 Å². The van der Waals surface area contributed by atoms with Crippen LogP contribution in [0.1, 0.15) is 40.0 Å². The molecule has 0 saturated heterocycles. The summed E-state index contributed by atoms with van der Waals surface area (Å²) in [6, 6.07) is 5.59. The molecule has 5 heteroatoms. The van der Waals surface area contributed by atoms with E-state index in [9.17, 15) is 9.59 Å². The minimum atomic E-state index is -1.03. The third-order valence-corrected chi connectivity index (χ3v) is 2.40. The van der Waals surface area contributed by atoms with Crippen LogP contribution in [0.5, 0.6) is 0 Å². The number of hydrogen-bond donors (Lipinski definition) is 2. The van der Waals surface area contributed by atoms with Crippen LogP contribution in [-0.4, -0.2) is 35.4 Å². The molecule has 0 fully saturated rings. The number of aromatic carboxylic acids is 1. The number of ether oxygens (including phenoxy) is 1. The Hall–Kier alpha value is -1.88. The molecule has 0 heterocycles. The average Bonchev–Trinajstić information content (AvgIpc) is 2.38. The first-order chi connectivity index (χ1) is 8.65. The van der Waals surface area contributed by atoms with Gasteiger partial charge in [0.1, 0.15) is 0 Å². The van der Waals surface area contributed by atoms with Gasteiger partial charge in [0.2, 0.25) is 0 Å². The van der Waals surface area contributed by atoms with Crippen molar-refractivity contribution in [1.29, 1.82) is 0 Å². The highest BCUT2D eigenvalue weighted by atomic mass is 16.5. The minimum absolute atomic E-state index is 0.134. The Balaban J connectivity index is 2.39. The van der Waals surface area contributed by atoms with Crippen molar-refractivity contribution < 1.29 is 24.5 Å². The van der Waals surface area contributed by atoms with E-state index in [1.165, 1.54) is 24.3 Å². The van der Waals surface area contributed by atoms with Gasteiger partial charge < -0.3 is 14.9 Å². The van der Waals surface area contributed by atoms with Crippen molar-refractivity contribution >= 4 is 11.9 Å². The lowest BCUT2D eigenvalue weighted by Crippen LogP contribution is -2.07. The Morgan fingerprint density at radius 2 is 1.61 bits per heavy atom. The first-order valence-electron chi connectivity index (χ1n) is 5.76. The molecule has 0 unspecified atom stereocenters. The van der Waals surface area contributed by atoms with E-state index >= 15 is 0 Å². The van der Waals surface area contributed by atoms with Gasteiger partial charge in [0, 0.05) is 6.61 Å². The van der Waals surface area contributed by atoms with Crippen molar-refractivity contribution in [2.75, 3.05) is 13.2 Å². The lowest BCUT2D eigenvalue weighted by Gasteiger charge is -2.04. The fourth-order valence-corrected chi connectivity index (χ4v) is 1.39. The number of rotatable bonds is 7. The van der Waals surface area contributed by atoms with Crippen molar-refractivity contribution in [3.05, 3.63) is 35.4 Å². The topological polar surface area (TPSA) is 83.8 Å². The van der Waals surface area contributed by atoms with Gasteiger partial charge in [0.05, 0.1) is 17.7 Å². The van der Waals surface area contributed by atoms with Crippen molar-refractivity contribution in [3.63, 3.8) is 0 Å². The van der Waals surface area contributed by atoms with Crippen LogP contribution in [0, 0.1) is 0 Å². The smallest absolute Gasteiger partial charge is 0.338 e. The second-order valence-corrected chi connectivity index (χ2v) is 3.80. The number of aliphatic hydroxyl groups excluding tert-OH is 1. The van der Waals surface area contributed by atoms with Gasteiger partial charge in [-0.15, -0.1) is 0 Å². The van der Waals surface area contributed by atoms with E-state index < -0.39 is 11.9 Å². The molecular formula is C13H16O5. The fraction of sp³-hybridized carbons (Fsp3) is 0.385. The number of unbranched alkanes of at least 4 members (excludes halogenated alkanes) is 2. The predicted octanol–water partition coefficient (Wildman–Crippen LogP) is 1.70. The van der Waals surface area contributed by atoms with Gasteiger partial charge in [-0.05, 0) is 43.5 Å². The molecule has 1 aromatic rings. The summed E-state index contributed by atoms with van der Waals surface area (Å²) in [7, 11) is 0. The van der Waals surface area contributed by atoms with Gasteiger partial charge in [0.15, 0.2) is 0 Å².